The molecule has 5 aromatic carbocycles. The molecule has 7 rings (SSSR count). The molecule has 2 fully saturated rings. The van der Waals surface area contributed by atoms with Gasteiger partial charge in [-0.15, -0.1) is 0 Å². The summed E-state index contributed by atoms with van der Waals surface area (Å²) in [6.45, 7) is 31.9. The number of hydrogen-bond acceptors (Lipinski definition) is 18. The van der Waals surface area contributed by atoms with Gasteiger partial charge in [-0.2, -0.15) is 0 Å². The van der Waals surface area contributed by atoms with Crippen molar-refractivity contribution in [2.75, 3.05) is 54.5 Å². The Hall–Kier alpha value is -7.12. The molecule has 2 saturated heterocycles. The SMILES string of the molecule is COCOc1c(C)c(OCc2ccccc2)c2c(OC)c(C(=O)OCC[Si](C)(C)C)c(C)c(OC)c2c1C(O)/C(C)=C/[C@H](C)[C@H](OC(C)=O)[C@@H](C)[C@@H](OC(C)=O)[C@H](C(=O)N1CCOC1=O)[C@@H]1OC(C)(C)O[C@H]([C@H](C)CO[Si](c2ccccc2)(c2ccccc2)C(C)(C)C)[C@H]1C. The number of imide groups is 1. The third kappa shape index (κ3) is 17.0. The van der Waals surface area contributed by atoms with Crippen molar-refractivity contribution >= 4 is 67.4 Å². The zero-order valence-electron chi connectivity index (χ0n) is 59.3. The van der Waals surface area contributed by atoms with E-state index < -0.39 is 106 Å². The predicted octanol–water partition coefficient (Wildman–Crippen LogP) is 12.6. The summed E-state index contributed by atoms with van der Waals surface area (Å²) in [5, 5.41) is 15.7. The van der Waals surface area contributed by atoms with Crippen LogP contribution in [0.3, 0.4) is 0 Å². The van der Waals surface area contributed by atoms with Crippen molar-refractivity contribution in [2.45, 2.75) is 171 Å². The lowest BCUT2D eigenvalue weighted by molar-refractivity contribution is -0.338. The minimum Gasteiger partial charge on any atom is -0.496 e. The van der Waals surface area contributed by atoms with Crippen LogP contribution in [0, 0.1) is 43.4 Å². The molecular formula is C74H101NO18Si2. The number of nitrogens with zero attached hydrogens (tertiary/aromatic N) is 1. The fraction of sp³-hybridized carbons (Fsp3) is 0.527. The average molecular weight is 1350 g/mol. The van der Waals surface area contributed by atoms with Crippen LogP contribution in [0.2, 0.25) is 30.7 Å². The molecule has 518 valence electrons. The molecule has 1 N–H and O–H groups in total. The molecule has 0 saturated carbocycles. The monoisotopic (exact) mass is 1350 g/mol. The maximum Gasteiger partial charge on any atom is 0.416 e. The first kappa shape index (κ1) is 75.3. The molecular weight excluding hydrogens is 1250 g/mol. The van der Waals surface area contributed by atoms with Crippen LogP contribution in [0.15, 0.2) is 103 Å². The fourth-order valence-electron chi connectivity index (χ4n) is 13.7. The number of fused-ring (bicyclic) bond motifs is 1. The Labute approximate surface area is 563 Å². The van der Waals surface area contributed by atoms with E-state index in [2.05, 4.69) is 64.7 Å². The van der Waals surface area contributed by atoms with Crippen LogP contribution in [0.4, 0.5) is 4.79 Å². The Morgan fingerprint density at radius 1 is 0.747 bits per heavy atom. The van der Waals surface area contributed by atoms with Gasteiger partial charge in [-0.1, -0.05) is 165 Å². The number of methoxy groups -OCH3 is 3. The van der Waals surface area contributed by atoms with Crippen molar-refractivity contribution in [3.63, 3.8) is 0 Å². The Morgan fingerprint density at radius 3 is 1.82 bits per heavy atom. The zero-order chi connectivity index (χ0) is 70.1. The smallest absolute Gasteiger partial charge is 0.416 e. The van der Waals surface area contributed by atoms with Crippen molar-refractivity contribution in [1.82, 2.24) is 4.90 Å². The number of ether oxygens (including phenoxy) is 11. The maximum atomic E-state index is 15.6. The second kappa shape index (κ2) is 31.8. The van der Waals surface area contributed by atoms with E-state index in [1.165, 1.54) is 35.2 Å². The Bertz CT molecular complexity index is 3470. The lowest BCUT2D eigenvalue weighted by atomic mass is 9.74. The third-order valence-electron chi connectivity index (χ3n) is 18.1. The number of aliphatic hydroxyl groups is 1. The molecule has 0 bridgehead atoms. The van der Waals surface area contributed by atoms with Gasteiger partial charge in [-0.05, 0) is 67.2 Å². The first-order chi connectivity index (χ1) is 44.7. The molecule has 2 aliphatic heterocycles. The molecule has 2 heterocycles. The summed E-state index contributed by atoms with van der Waals surface area (Å²) in [6, 6.07) is 30.9. The van der Waals surface area contributed by atoms with Gasteiger partial charge in [-0.3, -0.25) is 14.4 Å². The van der Waals surface area contributed by atoms with Gasteiger partial charge in [0.2, 0.25) is 5.91 Å². The minimum atomic E-state index is -3.07. The number of cyclic esters (lactones) is 1. The van der Waals surface area contributed by atoms with Gasteiger partial charge in [-0.25, -0.2) is 14.5 Å². The van der Waals surface area contributed by atoms with Crippen molar-refractivity contribution in [2.24, 2.45) is 29.6 Å². The summed E-state index contributed by atoms with van der Waals surface area (Å²) in [5.74, 6) is -7.68. The summed E-state index contributed by atoms with van der Waals surface area (Å²) in [4.78, 5) is 72.1. The van der Waals surface area contributed by atoms with Crippen LogP contribution < -0.4 is 29.3 Å². The topological polar surface area (TPSA) is 220 Å². The van der Waals surface area contributed by atoms with E-state index in [4.69, 9.17) is 56.5 Å². The lowest BCUT2D eigenvalue weighted by Crippen LogP contribution is -2.67. The van der Waals surface area contributed by atoms with Gasteiger partial charge in [0.1, 0.15) is 66.0 Å². The van der Waals surface area contributed by atoms with E-state index in [0.29, 0.717) is 27.5 Å². The van der Waals surface area contributed by atoms with Crippen LogP contribution in [0.5, 0.6) is 23.0 Å². The Kier molecular flexibility index (Phi) is 25.2. The largest absolute Gasteiger partial charge is 0.496 e. The highest BCUT2D eigenvalue weighted by atomic mass is 28.4. The summed E-state index contributed by atoms with van der Waals surface area (Å²) < 4.78 is 76.6. The first-order valence-electron chi connectivity index (χ1n) is 32.7. The highest BCUT2D eigenvalue weighted by Crippen LogP contribution is 2.54. The molecule has 2 amide bonds. The molecule has 0 aromatic heterocycles. The van der Waals surface area contributed by atoms with Crippen molar-refractivity contribution in [3.8, 4) is 23.0 Å². The van der Waals surface area contributed by atoms with E-state index in [-0.39, 0.29) is 84.8 Å². The maximum absolute atomic E-state index is 15.6. The number of rotatable bonds is 29. The predicted molar refractivity (Wildman–Crippen MR) is 369 cm³/mol. The summed E-state index contributed by atoms with van der Waals surface area (Å²) in [5.41, 5.74) is 2.26. The van der Waals surface area contributed by atoms with E-state index in [1.54, 1.807) is 54.5 Å². The number of carbonyl (C=O) groups excluding carboxylic acids is 5. The van der Waals surface area contributed by atoms with Gasteiger partial charge in [0.05, 0.1) is 45.0 Å². The fourth-order valence-corrected chi connectivity index (χ4v) is 19.1. The van der Waals surface area contributed by atoms with Crippen LogP contribution in [0.25, 0.3) is 10.8 Å². The summed E-state index contributed by atoms with van der Waals surface area (Å²) in [6.07, 6.45) is -5.08. The lowest BCUT2D eigenvalue weighted by Gasteiger charge is -2.51. The molecule has 21 heteroatoms. The molecule has 2 aliphatic rings. The summed E-state index contributed by atoms with van der Waals surface area (Å²) >= 11 is 0. The first-order valence-corrected chi connectivity index (χ1v) is 38.4. The number of aliphatic hydroxyl groups excluding tert-OH is 1. The molecule has 95 heavy (non-hydrogen) atoms. The Morgan fingerprint density at radius 2 is 1.31 bits per heavy atom. The standard InChI is InChI=1S/C74H101NO18Si2/c1-44(61(78)58-57-59(66(50(7)65(58)88-43-82-15)87-42-53-30-24-21-25-31-53)69(84-17)56(47(4)64(57)83-16)71(80)85-38-39-94(18,19)20)40-45(2)62(90-51(8)76)48(5)67(91-52(9)77)60(70(79)75-36-37-86-72(75)81)68-49(6)63(92-74(13,14)93-68)46(3)41-89-95(73(10,11)12,54-32-26-22-27-33-54)55-34-28-23-29-35-55/h21-35,40,45-46,48-49,60-63,67-68,78H,36-39,41-43H2,1-20H3/b44-40+/t45-,46+,48+,49+,60-,61?,62-,63+,67+,68+/m0/s1. The second-order valence-electron chi connectivity index (χ2n) is 28.0. The van der Waals surface area contributed by atoms with E-state index in [0.717, 1.165) is 26.9 Å². The average Bonchev–Trinajstić information content (AvgIpc) is 0.913. The van der Waals surface area contributed by atoms with E-state index >= 15 is 4.79 Å². The summed E-state index contributed by atoms with van der Waals surface area (Å²) in [7, 11) is -0.325. The van der Waals surface area contributed by atoms with E-state index in [1.807, 2.05) is 80.6 Å². The molecule has 1 unspecified atom stereocenters. The molecule has 0 aliphatic carbocycles. The molecule has 19 nitrogen and oxygen atoms in total. The molecule has 10 atom stereocenters. The minimum absolute atomic E-state index is 0.0687. The molecule has 0 spiro atoms. The third-order valence-corrected chi connectivity index (χ3v) is 24.8. The van der Waals surface area contributed by atoms with Gasteiger partial charge in [0, 0.05) is 81.4 Å². The van der Waals surface area contributed by atoms with Gasteiger partial charge >= 0.3 is 24.0 Å². The van der Waals surface area contributed by atoms with Crippen LogP contribution in [-0.2, 0) is 58.6 Å². The second-order valence-corrected chi connectivity index (χ2v) is 37.9. The number of benzene rings is 5. The number of carbonyl (C=O) groups is 5. The van der Waals surface area contributed by atoms with Crippen molar-refractivity contribution < 1.29 is 85.6 Å². The highest BCUT2D eigenvalue weighted by molar-refractivity contribution is 6.99. The zero-order valence-corrected chi connectivity index (χ0v) is 61.3. The Balaban J connectivity index is 1.36. The van der Waals surface area contributed by atoms with Gasteiger partial charge in [0.25, 0.3) is 8.32 Å². The van der Waals surface area contributed by atoms with E-state index in [9.17, 15) is 24.3 Å². The number of hydrogen-bond donors (Lipinski definition) is 1. The van der Waals surface area contributed by atoms with Crippen LogP contribution >= 0.6 is 0 Å². The van der Waals surface area contributed by atoms with Crippen molar-refractivity contribution in [1.29, 1.82) is 0 Å². The number of amides is 2. The van der Waals surface area contributed by atoms with Crippen molar-refractivity contribution in [3.05, 3.63) is 130 Å². The molecule has 0 radical (unpaired) electrons. The van der Waals surface area contributed by atoms with Crippen LogP contribution in [-0.4, -0.2) is 141 Å². The van der Waals surface area contributed by atoms with Gasteiger partial charge in [0.15, 0.2) is 12.6 Å². The quantitative estimate of drug-likeness (QED) is 0.0155. The normalized spacial score (nSPS) is 19.1. The van der Waals surface area contributed by atoms with Gasteiger partial charge < -0.3 is 61.6 Å². The highest BCUT2D eigenvalue weighted by Gasteiger charge is 2.56. The van der Waals surface area contributed by atoms with Crippen LogP contribution in [0.1, 0.15) is 122 Å². The number of esters is 3. The molecule has 5 aromatic rings.